The molecule has 0 aliphatic carbocycles. The molecule has 2 aromatic carbocycles. The maximum atomic E-state index is 13.9. The molecular formula is C16H16FNO4S. The van der Waals surface area contributed by atoms with Crippen LogP contribution in [0.5, 0.6) is 0 Å². The summed E-state index contributed by atoms with van der Waals surface area (Å²) < 4.78 is 40.9. The Balaban J connectivity index is 2.58. The highest BCUT2D eigenvalue weighted by molar-refractivity contribution is 7.92. The van der Waals surface area contributed by atoms with Crippen LogP contribution in [-0.2, 0) is 10.0 Å². The van der Waals surface area contributed by atoms with Crippen molar-refractivity contribution in [3.05, 3.63) is 58.4 Å². The summed E-state index contributed by atoms with van der Waals surface area (Å²) in [5.41, 5.74) is 1.46. The van der Waals surface area contributed by atoms with Gasteiger partial charge in [0.05, 0.1) is 11.3 Å². The first-order chi connectivity index (χ1) is 10.6. The molecule has 23 heavy (non-hydrogen) atoms. The Labute approximate surface area is 133 Å². The highest BCUT2D eigenvalue weighted by atomic mass is 32.2. The molecule has 0 unspecified atom stereocenters. The summed E-state index contributed by atoms with van der Waals surface area (Å²) in [6.45, 7) is 4.93. The summed E-state index contributed by atoms with van der Waals surface area (Å²) in [6, 6.07) is 6.72. The number of rotatable bonds is 4. The molecule has 0 aliphatic rings. The van der Waals surface area contributed by atoms with Gasteiger partial charge in [0.25, 0.3) is 10.0 Å². The third-order valence-corrected chi connectivity index (χ3v) is 4.69. The Morgan fingerprint density at radius 1 is 1.09 bits per heavy atom. The van der Waals surface area contributed by atoms with E-state index in [-0.39, 0.29) is 11.3 Å². The topological polar surface area (TPSA) is 83.5 Å². The summed E-state index contributed by atoms with van der Waals surface area (Å²) in [6.07, 6.45) is 0. The van der Waals surface area contributed by atoms with Crippen molar-refractivity contribution in [2.24, 2.45) is 0 Å². The maximum Gasteiger partial charge on any atom is 0.337 e. The number of hydrogen-bond donors (Lipinski definition) is 2. The normalized spacial score (nSPS) is 11.3. The fourth-order valence-electron chi connectivity index (χ4n) is 2.28. The number of aryl methyl sites for hydroxylation is 3. The molecular weight excluding hydrogens is 321 g/mol. The van der Waals surface area contributed by atoms with Gasteiger partial charge in [-0.3, -0.25) is 4.72 Å². The van der Waals surface area contributed by atoms with Crippen molar-refractivity contribution in [2.75, 3.05) is 4.72 Å². The molecule has 2 N–H and O–H groups in total. The lowest BCUT2D eigenvalue weighted by Gasteiger charge is -2.15. The van der Waals surface area contributed by atoms with Crippen LogP contribution in [0.2, 0.25) is 0 Å². The average molecular weight is 337 g/mol. The molecule has 0 aliphatic heterocycles. The van der Waals surface area contributed by atoms with E-state index in [9.17, 15) is 22.7 Å². The number of aromatic carboxylic acids is 1. The van der Waals surface area contributed by atoms with E-state index in [1.165, 1.54) is 18.2 Å². The summed E-state index contributed by atoms with van der Waals surface area (Å²) in [7, 11) is -4.25. The summed E-state index contributed by atoms with van der Waals surface area (Å²) >= 11 is 0. The van der Waals surface area contributed by atoms with Crippen molar-refractivity contribution >= 4 is 21.7 Å². The standard InChI is InChI=1S/C16H16FNO4S/c1-9-4-5-13(17)14(8-9)23(21,22)18-15-11(3)6-10(2)7-12(15)16(19)20/h4-8,18H,1-3H3,(H,19,20). The van der Waals surface area contributed by atoms with Crippen LogP contribution in [0, 0.1) is 26.6 Å². The van der Waals surface area contributed by atoms with Crippen molar-refractivity contribution in [3.63, 3.8) is 0 Å². The van der Waals surface area contributed by atoms with Crippen LogP contribution in [-0.4, -0.2) is 19.5 Å². The van der Waals surface area contributed by atoms with Crippen LogP contribution in [0.4, 0.5) is 10.1 Å². The SMILES string of the molecule is Cc1cc(C)c(NS(=O)(=O)c2cc(C)ccc2F)c(C(=O)O)c1. The lowest BCUT2D eigenvalue weighted by Crippen LogP contribution is -2.18. The first kappa shape index (κ1) is 17.0. The van der Waals surface area contributed by atoms with Crippen LogP contribution < -0.4 is 4.72 Å². The molecule has 0 spiro atoms. The van der Waals surface area contributed by atoms with Gasteiger partial charge in [0.15, 0.2) is 0 Å². The van der Waals surface area contributed by atoms with Crippen molar-refractivity contribution in [1.29, 1.82) is 0 Å². The van der Waals surface area contributed by atoms with Crippen molar-refractivity contribution in [2.45, 2.75) is 25.7 Å². The van der Waals surface area contributed by atoms with Crippen molar-refractivity contribution < 1.29 is 22.7 Å². The highest BCUT2D eigenvalue weighted by Gasteiger charge is 2.23. The smallest absolute Gasteiger partial charge is 0.337 e. The molecule has 7 heteroatoms. The van der Waals surface area contributed by atoms with Gasteiger partial charge in [0, 0.05) is 0 Å². The summed E-state index contributed by atoms with van der Waals surface area (Å²) in [5, 5.41) is 9.27. The molecule has 0 saturated carbocycles. The van der Waals surface area contributed by atoms with Gasteiger partial charge in [-0.15, -0.1) is 0 Å². The fraction of sp³-hybridized carbons (Fsp3) is 0.188. The molecule has 0 heterocycles. The van der Waals surface area contributed by atoms with Gasteiger partial charge in [-0.1, -0.05) is 12.1 Å². The predicted molar refractivity (Wildman–Crippen MR) is 84.8 cm³/mol. The third kappa shape index (κ3) is 3.50. The van der Waals surface area contributed by atoms with Crippen molar-refractivity contribution in [3.8, 4) is 0 Å². The highest BCUT2D eigenvalue weighted by Crippen LogP contribution is 2.27. The minimum atomic E-state index is -4.25. The molecule has 0 bridgehead atoms. The fourth-order valence-corrected chi connectivity index (χ4v) is 3.59. The Kier molecular flexibility index (Phi) is 4.42. The van der Waals surface area contributed by atoms with Gasteiger partial charge in [-0.25, -0.2) is 17.6 Å². The molecule has 2 rings (SSSR count). The summed E-state index contributed by atoms with van der Waals surface area (Å²) in [4.78, 5) is 10.8. The van der Waals surface area contributed by atoms with E-state index in [1.54, 1.807) is 26.8 Å². The lowest BCUT2D eigenvalue weighted by atomic mass is 10.0. The van der Waals surface area contributed by atoms with Gasteiger partial charge in [-0.05, 0) is 55.7 Å². The molecule has 5 nitrogen and oxygen atoms in total. The number of sulfonamides is 1. The molecule has 0 radical (unpaired) electrons. The van der Waals surface area contributed by atoms with Gasteiger partial charge >= 0.3 is 5.97 Å². The average Bonchev–Trinajstić information content (AvgIpc) is 2.43. The number of halogens is 1. The number of carboxylic acids is 1. The minimum Gasteiger partial charge on any atom is -0.478 e. The van der Waals surface area contributed by atoms with Gasteiger partial charge in [0.2, 0.25) is 0 Å². The van der Waals surface area contributed by atoms with Crippen LogP contribution >= 0.6 is 0 Å². The van der Waals surface area contributed by atoms with E-state index in [0.717, 1.165) is 6.07 Å². The second kappa shape index (κ2) is 6.00. The number of carboxylic acid groups (broad SMARTS) is 1. The number of carbonyl (C=O) groups is 1. The van der Waals surface area contributed by atoms with E-state index in [1.807, 2.05) is 0 Å². The van der Waals surface area contributed by atoms with E-state index in [0.29, 0.717) is 16.7 Å². The van der Waals surface area contributed by atoms with Crippen LogP contribution in [0.25, 0.3) is 0 Å². The maximum absolute atomic E-state index is 13.9. The van der Waals surface area contributed by atoms with Gasteiger partial charge in [0.1, 0.15) is 10.7 Å². The number of anilines is 1. The van der Waals surface area contributed by atoms with Gasteiger partial charge in [-0.2, -0.15) is 0 Å². The zero-order chi connectivity index (χ0) is 17.4. The largest absolute Gasteiger partial charge is 0.478 e. The Hall–Kier alpha value is -2.41. The Bertz CT molecular complexity index is 891. The number of hydrogen-bond acceptors (Lipinski definition) is 3. The number of benzene rings is 2. The Morgan fingerprint density at radius 2 is 1.74 bits per heavy atom. The van der Waals surface area contributed by atoms with Crippen LogP contribution in [0.15, 0.2) is 35.2 Å². The summed E-state index contributed by atoms with van der Waals surface area (Å²) in [5.74, 6) is -2.16. The van der Waals surface area contributed by atoms with E-state index in [4.69, 9.17) is 0 Å². The van der Waals surface area contributed by atoms with Gasteiger partial charge < -0.3 is 5.11 Å². The first-order valence-corrected chi connectivity index (χ1v) is 8.23. The molecule has 0 saturated heterocycles. The van der Waals surface area contributed by atoms with E-state index >= 15 is 0 Å². The molecule has 0 fully saturated rings. The zero-order valence-electron chi connectivity index (χ0n) is 12.8. The minimum absolute atomic E-state index is 0.0657. The van der Waals surface area contributed by atoms with Crippen LogP contribution in [0.3, 0.4) is 0 Å². The molecule has 0 atom stereocenters. The predicted octanol–water partition coefficient (Wildman–Crippen LogP) is 3.25. The molecule has 122 valence electrons. The molecule has 0 aromatic heterocycles. The zero-order valence-corrected chi connectivity index (χ0v) is 13.7. The third-order valence-electron chi connectivity index (χ3n) is 3.32. The second-order valence-electron chi connectivity index (χ2n) is 5.35. The Morgan fingerprint density at radius 3 is 2.35 bits per heavy atom. The van der Waals surface area contributed by atoms with E-state index in [2.05, 4.69) is 4.72 Å². The molecule has 2 aromatic rings. The second-order valence-corrected chi connectivity index (χ2v) is 7.00. The number of nitrogens with one attached hydrogen (secondary N) is 1. The lowest BCUT2D eigenvalue weighted by molar-refractivity contribution is 0.0698. The quantitative estimate of drug-likeness (QED) is 0.897. The monoisotopic (exact) mass is 337 g/mol. The molecule has 0 amide bonds. The first-order valence-electron chi connectivity index (χ1n) is 6.75. The van der Waals surface area contributed by atoms with E-state index < -0.39 is 26.7 Å². The van der Waals surface area contributed by atoms with Crippen molar-refractivity contribution in [1.82, 2.24) is 0 Å². The van der Waals surface area contributed by atoms with Crippen LogP contribution in [0.1, 0.15) is 27.0 Å².